The van der Waals surface area contributed by atoms with Gasteiger partial charge in [0.2, 0.25) is 5.56 Å². The van der Waals surface area contributed by atoms with Crippen molar-refractivity contribution in [3.63, 3.8) is 0 Å². The Morgan fingerprint density at radius 1 is 1.12 bits per heavy atom. The Labute approximate surface area is 149 Å². The largest absolute Gasteiger partial charge is 0.456 e. The lowest BCUT2D eigenvalue weighted by Crippen LogP contribution is -2.15. The number of carbonyl (C=O) groups excluding carboxylic acids is 1. The van der Waals surface area contributed by atoms with Gasteiger partial charge in [-0.1, -0.05) is 24.3 Å². The zero-order valence-electron chi connectivity index (χ0n) is 14.1. The van der Waals surface area contributed by atoms with E-state index in [0.717, 1.165) is 5.56 Å². The molecule has 1 amide bonds. The number of pyridine rings is 1. The minimum absolute atomic E-state index is 0.184. The lowest BCUT2D eigenvalue weighted by Gasteiger charge is -2.14. The topological polar surface area (TPSA) is 71.2 Å². The van der Waals surface area contributed by atoms with Gasteiger partial charge >= 0.3 is 0 Å². The van der Waals surface area contributed by atoms with Crippen LogP contribution in [0.3, 0.4) is 0 Å². The van der Waals surface area contributed by atoms with Gasteiger partial charge in [0.1, 0.15) is 18.2 Å². The van der Waals surface area contributed by atoms with E-state index in [9.17, 15) is 14.0 Å². The first-order chi connectivity index (χ1) is 12.6. The molecule has 0 aliphatic carbocycles. The molecular formula is C20H17FN2O3. The first kappa shape index (κ1) is 17.4. The Morgan fingerprint density at radius 2 is 1.92 bits per heavy atom. The van der Waals surface area contributed by atoms with Gasteiger partial charge in [0.25, 0.3) is 5.91 Å². The van der Waals surface area contributed by atoms with E-state index >= 15 is 0 Å². The maximum absolute atomic E-state index is 13.1. The number of H-pyrrole nitrogens is 1. The third kappa shape index (κ3) is 3.97. The second kappa shape index (κ2) is 7.65. The molecule has 1 heterocycles. The summed E-state index contributed by atoms with van der Waals surface area (Å²) in [7, 11) is 0. The molecule has 0 aliphatic rings. The Hall–Kier alpha value is -3.41. The van der Waals surface area contributed by atoms with Crippen molar-refractivity contribution in [3.05, 3.63) is 87.8 Å². The molecule has 0 fully saturated rings. The van der Waals surface area contributed by atoms with Gasteiger partial charge in [-0.3, -0.25) is 9.59 Å². The van der Waals surface area contributed by atoms with Crippen LogP contribution in [0.1, 0.15) is 21.5 Å². The lowest BCUT2D eigenvalue weighted by atomic mass is 10.1. The molecule has 0 saturated heterocycles. The van der Waals surface area contributed by atoms with Crippen LogP contribution < -0.4 is 15.6 Å². The molecule has 2 aromatic carbocycles. The van der Waals surface area contributed by atoms with E-state index in [4.69, 9.17) is 4.74 Å². The van der Waals surface area contributed by atoms with Crippen LogP contribution in [0.15, 0.2) is 65.6 Å². The summed E-state index contributed by atoms with van der Waals surface area (Å²) in [6.45, 7) is 1.19. The third-order valence-corrected chi connectivity index (χ3v) is 3.79. The zero-order valence-corrected chi connectivity index (χ0v) is 14.1. The summed E-state index contributed by atoms with van der Waals surface area (Å²) in [5, 5.41) is 2.63. The fourth-order valence-electron chi connectivity index (χ4n) is 2.44. The molecule has 1 aromatic heterocycles. The van der Waals surface area contributed by atoms with Crippen LogP contribution in [-0.4, -0.2) is 10.9 Å². The number of hydrogen-bond donors (Lipinski definition) is 2. The van der Waals surface area contributed by atoms with Crippen molar-refractivity contribution in [3.8, 4) is 11.5 Å². The molecule has 0 saturated carbocycles. The Bertz CT molecular complexity index is 998. The van der Waals surface area contributed by atoms with E-state index in [0.29, 0.717) is 22.7 Å². The predicted molar refractivity (Wildman–Crippen MR) is 97.5 cm³/mol. The monoisotopic (exact) mass is 352 g/mol. The summed E-state index contributed by atoms with van der Waals surface area (Å²) in [5.74, 6) is 0.416. The summed E-state index contributed by atoms with van der Waals surface area (Å²) in [6, 6.07) is 14.8. The molecule has 5 nitrogen and oxygen atoms in total. The minimum Gasteiger partial charge on any atom is -0.456 e. The minimum atomic E-state index is -0.698. The predicted octanol–water partition coefficient (Wildman–Crippen LogP) is 4.20. The zero-order chi connectivity index (χ0) is 18.5. The SMILES string of the molecule is Cc1ccccc1Oc1ccc(CF)cc1C(=O)Nc1cc[nH]c(=O)c1. The average Bonchev–Trinajstić information content (AvgIpc) is 2.64. The quantitative estimate of drug-likeness (QED) is 0.723. The number of carbonyl (C=O) groups is 1. The van der Waals surface area contributed by atoms with Gasteiger partial charge in [0.05, 0.1) is 5.56 Å². The van der Waals surface area contributed by atoms with Crippen molar-refractivity contribution < 1.29 is 13.9 Å². The number of rotatable bonds is 5. The molecule has 3 aromatic rings. The number of amides is 1. The fraction of sp³-hybridized carbons (Fsp3) is 0.100. The molecule has 0 spiro atoms. The van der Waals surface area contributed by atoms with Gasteiger partial charge in [-0.25, -0.2) is 4.39 Å². The first-order valence-electron chi connectivity index (χ1n) is 7.99. The standard InChI is InChI=1S/C20H17FN2O3/c1-13-4-2-3-5-17(13)26-18-7-6-14(12-21)10-16(18)20(25)23-15-8-9-22-19(24)11-15/h2-11H,12H2,1H3,(H2,22,23,24,25). The van der Waals surface area contributed by atoms with Crippen LogP contribution in [-0.2, 0) is 6.67 Å². The molecule has 132 valence electrons. The third-order valence-electron chi connectivity index (χ3n) is 3.79. The van der Waals surface area contributed by atoms with Gasteiger partial charge in [-0.05, 0) is 42.3 Å². The second-order valence-corrected chi connectivity index (χ2v) is 5.73. The number of aromatic nitrogens is 1. The highest BCUT2D eigenvalue weighted by Crippen LogP contribution is 2.29. The molecule has 0 aliphatic heterocycles. The van der Waals surface area contributed by atoms with E-state index in [1.165, 1.54) is 18.3 Å². The number of ether oxygens (including phenoxy) is 1. The lowest BCUT2D eigenvalue weighted by molar-refractivity contribution is 0.102. The first-order valence-corrected chi connectivity index (χ1v) is 7.99. The Kier molecular flexibility index (Phi) is 5.12. The van der Waals surface area contributed by atoms with E-state index in [-0.39, 0.29) is 11.1 Å². The summed E-state index contributed by atoms with van der Waals surface area (Å²) in [5.41, 5.74) is 1.45. The fourth-order valence-corrected chi connectivity index (χ4v) is 2.44. The number of hydrogen-bond acceptors (Lipinski definition) is 3. The molecule has 0 atom stereocenters. The van der Waals surface area contributed by atoms with Crippen LogP contribution >= 0.6 is 0 Å². The highest BCUT2D eigenvalue weighted by atomic mass is 19.1. The highest BCUT2D eigenvalue weighted by Gasteiger charge is 2.16. The molecular weight excluding hydrogens is 335 g/mol. The average molecular weight is 352 g/mol. The van der Waals surface area contributed by atoms with E-state index in [2.05, 4.69) is 10.3 Å². The van der Waals surface area contributed by atoms with Gasteiger partial charge in [-0.15, -0.1) is 0 Å². The summed E-state index contributed by atoms with van der Waals surface area (Å²) >= 11 is 0. The molecule has 2 N–H and O–H groups in total. The van der Waals surface area contributed by atoms with Gasteiger partial charge < -0.3 is 15.0 Å². The molecule has 0 bridgehead atoms. The van der Waals surface area contributed by atoms with Crippen molar-refractivity contribution in [2.75, 3.05) is 5.32 Å². The van der Waals surface area contributed by atoms with Crippen LogP contribution in [0.4, 0.5) is 10.1 Å². The number of nitrogens with one attached hydrogen (secondary N) is 2. The number of aromatic amines is 1. The van der Waals surface area contributed by atoms with Crippen molar-refractivity contribution in [1.82, 2.24) is 4.98 Å². The van der Waals surface area contributed by atoms with Crippen molar-refractivity contribution in [2.45, 2.75) is 13.6 Å². The van der Waals surface area contributed by atoms with Crippen LogP contribution in [0.2, 0.25) is 0 Å². The normalized spacial score (nSPS) is 10.4. The number of benzene rings is 2. The van der Waals surface area contributed by atoms with Crippen molar-refractivity contribution in [1.29, 1.82) is 0 Å². The van der Waals surface area contributed by atoms with E-state index in [1.807, 2.05) is 25.1 Å². The Balaban J connectivity index is 1.94. The van der Waals surface area contributed by atoms with Crippen LogP contribution in [0, 0.1) is 6.92 Å². The Morgan fingerprint density at radius 3 is 2.65 bits per heavy atom. The molecule has 0 radical (unpaired) electrons. The maximum atomic E-state index is 13.1. The summed E-state index contributed by atoms with van der Waals surface area (Å²) in [4.78, 5) is 26.5. The second-order valence-electron chi connectivity index (χ2n) is 5.73. The highest BCUT2D eigenvalue weighted by molar-refractivity contribution is 6.06. The number of aryl methyl sites for hydroxylation is 1. The molecule has 0 unspecified atom stereocenters. The number of halogens is 1. The van der Waals surface area contributed by atoms with Gasteiger partial charge in [0, 0.05) is 18.0 Å². The van der Waals surface area contributed by atoms with Crippen LogP contribution in [0.5, 0.6) is 11.5 Å². The smallest absolute Gasteiger partial charge is 0.259 e. The van der Waals surface area contributed by atoms with Crippen LogP contribution in [0.25, 0.3) is 0 Å². The van der Waals surface area contributed by atoms with Gasteiger partial charge in [-0.2, -0.15) is 0 Å². The number of anilines is 1. The summed E-state index contributed by atoms with van der Waals surface area (Å²) < 4.78 is 18.9. The summed E-state index contributed by atoms with van der Waals surface area (Å²) in [6.07, 6.45) is 1.43. The number of alkyl halides is 1. The molecule has 26 heavy (non-hydrogen) atoms. The number of para-hydroxylation sites is 1. The van der Waals surface area contributed by atoms with Crippen molar-refractivity contribution >= 4 is 11.6 Å². The van der Waals surface area contributed by atoms with Gasteiger partial charge in [0.15, 0.2) is 0 Å². The van der Waals surface area contributed by atoms with Crippen molar-refractivity contribution in [2.24, 2.45) is 0 Å². The van der Waals surface area contributed by atoms with E-state index in [1.54, 1.807) is 24.3 Å². The van der Waals surface area contributed by atoms with E-state index < -0.39 is 12.6 Å². The maximum Gasteiger partial charge on any atom is 0.259 e. The molecule has 6 heteroatoms. The molecule has 3 rings (SSSR count).